The molecule has 0 saturated heterocycles. The first-order chi connectivity index (χ1) is 16.4. The van der Waals surface area contributed by atoms with E-state index in [4.69, 9.17) is 23.2 Å². The van der Waals surface area contributed by atoms with Gasteiger partial charge in [0.2, 0.25) is 5.91 Å². The number of aliphatic hydroxyl groups excluding tert-OH is 1. The van der Waals surface area contributed by atoms with Gasteiger partial charge in [-0.2, -0.15) is 5.10 Å². The summed E-state index contributed by atoms with van der Waals surface area (Å²) in [4.78, 5) is 25.0. The third-order valence-corrected chi connectivity index (χ3v) is 5.72. The summed E-state index contributed by atoms with van der Waals surface area (Å²) in [5.74, 6) is -0.186. The van der Waals surface area contributed by atoms with Gasteiger partial charge in [0, 0.05) is 33.8 Å². The van der Waals surface area contributed by atoms with E-state index in [0.717, 1.165) is 11.1 Å². The molecule has 0 fully saturated rings. The van der Waals surface area contributed by atoms with Crippen LogP contribution in [0.4, 0.5) is 5.69 Å². The van der Waals surface area contributed by atoms with Crippen molar-refractivity contribution >= 4 is 34.8 Å². The van der Waals surface area contributed by atoms with Crippen molar-refractivity contribution < 1.29 is 9.90 Å². The Bertz CT molecular complexity index is 1380. The maximum atomic E-state index is 13.6. The quantitative estimate of drug-likeness (QED) is 0.371. The Labute approximate surface area is 206 Å². The van der Waals surface area contributed by atoms with Crippen LogP contribution in [0.15, 0.2) is 77.6 Å². The van der Waals surface area contributed by atoms with Gasteiger partial charge in [-0.1, -0.05) is 59.6 Å². The lowest BCUT2D eigenvalue weighted by Crippen LogP contribution is -2.27. The summed E-state index contributed by atoms with van der Waals surface area (Å²) in [5, 5.41) is 18.1. The Morgan fingerprint density at radius 1 is 0.853 bits per heavy atom. The van der Waals surface area contributed by atoms with Crippen molar-refractivity contribution in [3.63, 3.8) is 0 Å². The summed E-state index contributed by atoms with van der Waals surface area (Å²) in [6, 6.07) is 21.4. The highest BCUT2D eigenvalue weighted by Gasteiger charge is 2.22. The van der Waals surface area contributed by atoms with E-state index in [1.54, 1.807) is 48.5 Å². The van der Waals surface area contributed by atoms with Crippen LogP contribution in [-0.4, -0.2) is 27.4 Å². The molecule has 0 aliphatic heterocycles. The van der Waals surface area contributed by atoms with E-state index in [0.29, 0.717) is 38.1 Å². The highest BCUT2D eigenvalue weighted by Crippen LogP contribution is 2.37. The summed E-state index contributed by atoms with van der Waals surface area (Å²) in [5.41, 5.74) is 4.06. The number of nitrogens with zero attached hydrogens (tertiary/aromatic N) is 2. The Morgan fingerprint density at radius 3 is 1.88 bits per heavy atom. The smallest absolute Gasteiger partial charge is 0.275 e. The van der Waals surface area contributed by atoms with Crippen LogP contribution in [-0.2, 0) is 11.3 Å². The average Bonchev–Trinajstić information content (AvgIpc) is 2.82. The molecule has 1 heterocycles. The molecule has 6 nitrogen and oxygen atoms in total. The summed E-state index contributed by atoms with van der Waals surface area (Å²) in [6.07, 6.45) is 0. The molecular formula is C26H21Cl2N3O3. The van der Waals surface area contributed by atoms with Crippen molar-refractivity contribution in [1.29, 1.82) is 0 Å². The number of nitrogens with one attached hydrogen (secondary N) is 1. The lowest BCUT2D eigenvalue weighted by molar-refractivity contribution is -0.114. The SMILES string of the molecule is CC(=O)Nc1ccc(-c2c(-c3ccc(Cl)cc3)c(-c3ccc(Cl)cc3)nn(CCO)c2=O)cc1. The number of benzene rings is 3. The maximum Gasteiger partial charge on any atom is 0.275 e. The maximum absolute atomic E-state index is 13.6. The average molecular weight is 494 g/mol. The number of anilines is 1. The summed E-state index contributed by atoms with van der Waals surface area (Å²) in [6.45, 7) is 1.23. The lowest BCUT2D eigenvalue weighted by atomic mass is 9.92. The molecule has 0 aliphatic carbocycles. The van der Waals surface area contributed by atoms with E-state index in [1.165, 1.54) is 11.6 Å². The standard InChI is InChI=1S/C26H21Cl2N3O3/c1-16(33)29-22-12-6-18(7-13-22)24-23(17-2-8-20(27)9-3-17)25(19-4-10-21(28)11-5-19)30-31(14-15-32)26(24)34/h2-13,32H,14-15H2,1H3,(H,29,33). The van der Waals surface area contributed by atoms with Crippen LogP contribution in [0, 0.1) is 0 Å². The van der Waals surface area contributed by atoms with E-state index < -0.39 is 0 Å². The van der Waals surface area contributed by atoms with Crippen molar-refractivity contribution in [2.45, 2.75) is 13.5 Å². The van der Waals surface area contributed by atoms with Gasteiger partial charge in [-0.3, -0.25) is 9.59 Å². The van der Waals surface area contributed by atoms with Gasteiger partial charge in [0.05, 0.1) is 24.4 Å². The Morgan fingerprint density at radius 2 is 1.35 bits per heavy atom. The van der Waals surface area contributed by atoms with Crippen molar-refractivity contribution in [1.82, 2.24) is 9.78 Å². The number of halogens is 2. The number of rotatable bonds is 6. The minimum atomic E-state index is -0.344. The van der Waals surface area contributed by atoms with E-state index in [2.05, 4.69) is 10.4 Å². The number of carbonyl (C=O) groups excluding carboxylic acids is 1. The topological polar surface area (TPSA) is 84.2 Å². The molecule has 4 rings (SSSR count). The first-order valence-electron chi connectivity index (χ1n) is 10.5. The van der Waals surface area contributed by atoms with E-state index in [1.807, 2.05) is 24.3 Å². The fourth-order valence-electron chi connectivity index (χ4n) is 3.72. The van der Waals surface area contributed by atoms with E-state index in [9.17, 15) is 14.7 Å². The first-order valence-corrected chi connectivity index (χ1v) is 11.3. The monoisotopic (exact) mass is 493 g/mol. The van der Waals surface area contributed by atoms with Crippen LogP contribution in [0.1, 0.15) is 6.92 Å². The van der Waals surface area contributed by atoms with Crippen molar-refractivity contribution in [3.8, 4) is 33.5 Å². The van der Waals surface area contributed by atoms with Gasteiger partial charge in [0.15, 0.2) is 0 Å². The van der Waals surface area contributed by atoms with E-state index in [-0.39, 0.29) is 24.6 Å². The Balaban J connectivity index is 2.04. The molecule has 0 saturated carbocycles. The predicted molar refractivity (Wildman–Crippen MR) is 136 cm³/mol. The molecule has 4 aromatic rings. The van der Waals surface area contributed by atoms with Gasteiger partial charge in [-0.15, -0.1) is 0 Å². The molecule has 172 valence electrons. The molecule has 0 aliphatic rings. The largest absolute Gasteiger partial charge is 0.394 e. The molecule has 8 heteroatoms. The lowest BCUT2D eigenvalue weighted by Gasteiger charge is -2.18. The number of aromatic nitrogens is 2. The van der Waals surface area contributed by atoms with Crippen molar-refractivity contribution in [2.24, 2.45) is 0 Å². The second kappa shape index (κ2) is 10.2. The second-order valence-electron chi connectivity index (χ2n) is 7.62. The minimum absolute atomic E-state index is 0.0390. The zero-order chi connectivity index (χ0) is 24.2. The fraction of sp³-hybridized carbons (Fsp3) is 0.115. The van der Waals surface area contributed by atoms with Gasteiger partial charge >= 0.3 is 0 Å². The molecule has 3 aromatic carbocycles. The number of hydrogen-bond acceptors (Lipinski definition) is 4. The summed E-state index contributed by atoms with van der Waals surface area (Å²) >= 11 is 12.2. The molecule has 0 unspecified atom stereocenters. The number of carbonyl (C=O) groups is 1. The zero-order valence-corrected chi connectivity index (χ0v) is 19.8. The second-order valence-corrected chi connectivity index (χ2v) is 8.50. The molecular weight excluding hydrogens is 473 g/mol. The molecule has 1 aromatic heterocycles. The van der Waals surface area contributed by atoms with Crippen LogP contribution < -0.4 is 10.9 Å². The van der Waals surface area contributed by atoms with Crippen LogP contribution in [0.25, 0.3) is 33.5 Å². The Hall–Kier alpha value is -3.45. The third kappa shape index (κ3) is 5.04. The van der Waals surface area contributed by atoms with Crippen LogP contribution >= 0.6 is 23.2 Å². The molecule has 2 N–H and O–H groups in total. The summed E-state index contributed by atoms with van der Waals surface area (Å²) in [7, 11) is 0. The highest BCUT2D eigenvalue weighted by atomic mass is 35.5. The van der Waals surface area contributed by atoms with Gasteiger partial charge < -0.3 is 10.4 Å². The first kappa shape index (κ1) is 23.7. The fourth-order valence-corrected chi connectivity index (χ4v) is 3.97. The normalized spacial score (nSPS) is 10.8. The molecule has 0 spiro atoms. The highest BCUT2D eigenvalue weighted by molar-refractivity contribution is 6.31. The van der Waals surface area contributed by atoms with Gasteiger partial charge in [0.1, 0.15) is 0 Å². The molecule has 34 heavy (non-hydrogen) atoms. The van der Waals surface area contributed by atoms with Crippen LogP contribution in [0.5, 0.6) is 0 Å². The number of hydrogen-bond donors (Lipinski definition) is 2. The van der Waals surface area contributed by atoms with Crippen LogP contribution in [0.2, 0.25) is 10.0 Å². The Kier molecular flexibility index (Phi) is 7.12. The molecule has 0 bridgehead atoms. The third-order valence-electron chi connectivity index (χ3n) is 5.21. The van der Waals surface area contributed by atoms with Gasteiger partial charge in [0.25, 0.3) is 5.56 Å². The molecule has 1 amide bonds. The van der Waals surface area contributed by atoms with Gasteiger partial charge in [-0.25, -0.2) is 4.68 Å². The number of amides is 1. The minimum Gasteiger partial charge on any atom is -0.394 e. The van der Waals surface area contributed by atoms with E-state index >= 15 is 0 Å². The molecule has 0 atom stereocenters. The molecule has 0 radical (unpaired) electrons. The zero-order valence-electron chi connectivity index (χ0n) is 18.3. The van der Waals surface area contributed by atoms with Gasteiger partial charge in [-0.05, 0) is 47.5 Å². The summed E-state index contributed by atoms with van der Waals surface area (Å²) < 4.78 is 1.26. The van der Waals surface area contributed by atoms with Crippen LogP contribution in [0.3, 0.4) is 0 Å². The van der Waals surface area contributed by atoms with Crippen molar-refractivity contribution in [3.05, 3.63) is 93.2 Å². The number of aliphatic hydroxyl groups is 1. The van der Waals surface area contributed by atoms with Crippen molar-refractivity contribution in [2.75, 3.05) is 11.9 Å². The predicted octanol–water partition coefficient (Wildman–Crippen LogP) is 5.50.